The number of hydrogen-bond donors (Lipinski definition) is 2. The lowest BCUT2D eigenvalue weighted by Crippen LogP contribution is -2.44. The Labute approximate surface area is 182 Å². The van der Waals surface area contributed by atoms with Gasteiger partial charge in [0.1, 0.15) is 5.60 Å². The maximum atomic E-state index is 12.3. The summed E-state index contributed by atoms with van der Waals surface area (Å²) in [6.07, 6.45) is 3.91. The van der Waals surface area contributed by atoms with E-state index in [1.807, 2.05) is 25.7 Å². The van der Waals surface area contributed by atoms with Crippen molar-refractivity contribution in [3.05, 3.63) is 0 Å². The molecule has 1 amide bonds. The van der Waals surface area contributed by atoms with Gasteiger partial charge in [-0.15, -0.1) is 0 Å². The van der Waals surface area contributed by atoms with E-state index in [9.17, 15) is 4.79 Å². The zero-order chi connectivity index (χ0) is 21.8. The van der Waals surface area contributed by atoms with Crippen LogP contribution in [0.5, 0.6) is 0 Å². The lowest BCUT2D eigenvalue weighted by atomic mass is 9.98. The van der Waals surface area contributed by atoms with Crippen molar-refractivity contribution in [3.63, 3.8) is 0 Å². The SMILES string of the molecule is CCNC(=NCC1CCCN(C(=O)OC(C)(C)C)C1)NCCCOCC1CCOC1. The number of nitrogens with zero attached hydrogens (tertiary/aromatic N) is 2. The topological polar surface area (TPSA) is 84.4 Å². The molecule has 2 rings (SSSR count). The van der Waals surface area contributed by atoms with Crippen molar-refractivity contribution in [1.82, 2.24) is 15.5 Å². The summed E-state index contributed by atoms with van der Waals surface area (Å²) in [7, 11) is 0. The van der Waals surface area contributed by atoms with E-state index in [1.54, 1.807) is 0 Å². The fourth-order valence-corrected chi connectivity index (χ4v) is 3.61. The monoisotopic (exact) mass is 426 g/mol. The number of carbonyl (C=O) groups is 1. The highest BCUT2D eigenvalue weighted by Gasteiger charge is 2.27. The third-order valence-corrected chi connectivity index (χ3v) is 5.16. The number of nitrogens with one attached hydrogen (secondary N) is 2. The summed E-state index contributed by atoms with van der Waals surface area (Å²) >= 11 is 0. The van der Waals surface area contributed by atoms with Crippen molar-refractivity contribution in [2.75, 3.05) is 59.2 Å². The third kappa shape index (κ3) is 9.98. The Balaban J connectivity index is 1.67. The molecule has 0 spiro atoms. The highest BCUT2D eigenvalue weighted by atomic mass is 16.6. The van der Waals surface area contributed by atoms with Gasteiger partial charge in [-0.3, -0.25) is 4.99 Å². The van der Waals surface area contributed by atoms with Crippen LogP contribution in [0, 0.1) is 11.8 Å². The van der Waals surface area contributed by atoms with Crippen LogP contribution >= 0.6 is 0 Å². The molecule has 174 valence electrons. The molecule has 2 atom stereocenters. The molecule has 0 bridgehead atoms. The van der Waals surface area contributed by atoms with Gasteiger partial charge >= 0.3 is 6.09 Å². The van der Waals surface area contributed by atoms with E-state index in [4.69, 9.17) is 19.2 Å². The summed E-state index contributed by atoms with van der Waals surface area (Å²) in [5.74, 6) is 1.75. The van der Waals surface area contributed by atoms with Gasteiger partial charge in [0.25, 0.3) is 0 Å². The molecule has 0 aliphatic carbocycles. The number of carbonyl (C=O) groups excluding carboxylic acids is 1. The Morgan fingerprint density at radius 1 is 1.23 bits per heavy atom. The second kappa shape index (κ2) is 13.0. The van der Waals surface area contributed by atoms with Gasteiger partial charge in [-0.1, -0.05) is 0 Å². The minimum Gasteiger partial charge on any atom is -0.444 e. The van der Waals surface area contributed by atoms with Gasteiger partial charge < -0.3 is 29.7 Å². The number of amides is 1. The van der Waals surface area contributed by atoms with Crippen molar-refractivity contribution in [2.45, 2.75) is 59.0 Å². The maximum Gasteiger partial charge on any atom is 0.410 e. The van der Waals surface area contributed by atoms with Crippen LogP contribution in [0.3, 0.4) is 0 Å². The number of guanidine groups is 1. The van der Waals surface area contributed by atoms with Crippen LogP contribution in [-0.4, -0.2) is 81.7 Å². The Hall–Kier alpha value is -1.54. The lowest BCUT2D eigenvalue weighted by molar-refractivity contribution is 0.0170. The first kappa shape index (κ1) is 24.7. The van der Waals surface area contributed by atoms with E-state index in [2.05, 4.69) is 17.6 Å². The standard InChI is InChI=1S/C22H42N4O4/c1-5-23-20(24-10-7-12-28-16-19-9-13-29-17-19)25-14-18-8-6-11-26(15-18)21(27)30-22(2,3)4/h18-19H,5-17H2,1-4H3,(H2,23,24,25). The lowest BCUT2D eigenvalue weighted by Gasteiger charge is -2.33. The highest BCUT2D eigenvalue weighted by molar-refractivity contribution is 5.79. The van der Waals surface area contributed by atoms with Crippen LogP contribution < -0.4 is 10.6 Å². The summed E-state index contributed by atoms with van der Waals surface area (Å²) in [5.41, 5.74) is -0.459. The van der Waals surface area contributed by atoms with Crippen molar-refractivity contribution < 1.29 is 19.0 Å². The first-order valence-corrected chi connectivity index (χ1v) is 11.5. The van der Waals surface area contributed by atoms with Crippen LogP contribution in [0.25, 0.3) is 0 Å². The van der Waals surface area contributed by atoms with E-state index in [1.165, 1.54) is 0 Å². The molecule has 8 heteroatoms. The molecule has 0 aromatic carbocycles. The van der Waals surface area contributed by atoms with E-state index in [0.29, 0.717) is 24.9 Å². The fraction of sp³-hybridized carbons (Fsp3) is 0.909. The zero-order valence-corrected chi connectivity index (χ0v) is 19.4. The minimum atomic E-state index is -0.459. The number of ether oxygens (including phenoxy) is 3. The largest absolute Gasteiger partial charge is 0.444 e. The summed E-state index contributed by atoms with van der Waals surface area (Å²) in [4.78, 5) is 18.9. The Morgan fingerprint density at radius 2 is 2.07 bits per heavy atom. The quantitative estimate of drug-likeness (QED) is 0.335. The Kier molecular flexibility index (Phi) is 10.7. The molecule has 2 saturated heterocycles. The molecule has 8 nitrogen and oxygen atoms in total. The van der Waals surface area contributed by atoms with Crippen LogP contribution in [0.1, 0.15) is 53.4 Å². The maximum absolute atomic E-state index is 12.3. The van der Waals surface area contributed by atoms with Crippen LogP contribution in [0.15, 0.2) is 4.99 Å². The summed E-state index contributed by atoms with van der Waals surface area (Å²) in [6.45, 7) is 14.8. The minimum absolute atomic E-state index is 0.217. The normalized spacial score (nSPS) is 22.8. The van der Waals surface area contributed by atoms with E-state index >= 15 is 0 Å². The van der Waals surface area contributed by atoms with Crippen molar-refractivity contribution in [1.29, 1.82) is 0 Å². The molecular formula is C22H42N4O4. The predicted octanol–water partition coefficient (Wildman–Crippen LogP) is 2.63. The first-order valence-electron chi connectivity index (χ1n) is 11.5. The summed E-state index contributed by atoms with van der Waals surface area (Å²) < 4.78 is 16.6. The molecule has 2 heterocycles. The van der Waals surface area contributed by atoms with E-state index < -0.39 is 5.60 Å². The first-order chi connectivity index (χ1) is 14.4. The molecule has 0 aromatic rings. The zero-order valence-electron chi connectivity index (χ0n) is 19.4. The molecule has 0 aromatic heterocycles. The van der Waals surface area contributed by atoms with Gasteiger partial charge in [-0.25, -0.2) is 4.79 Å². The van der Waals surface area contributed by atoms with Gasteiger partial charge in [0.15, 0.2) is 5.96 Å². The Morgan fingerprint density at radius 3 is 2.77 bits per heavy atom. The average Bonchev–Trinajstić information content (AvgIpc) is 3.21. The van der Waals surface area contributed by atoms with Crippen molar-refractivity contribution in [2.24, 2.45) is 16.8 Å². The fourth-order valence-electron chi connectivity index (χ4n) is 3.61. The number of piperidine rings is 1. The van der Waals surface area contributed by atoms with Gasteiger partial charge in [0.2, 0.25) is 0 Å². The predicted molar refractivity (Wildman–Crippen MR) is 119 cm³/mol. The van der Waals surface area contributed by atoms with Crippen molar-refractivity contribution >= 4 is 12.1 Å². The molecular weight excluding hydrogens is 384 g/mol. The summed E-state index contributed by atoms with van der Waals surface area (Å²) in [6, 6.07) is 0. The smallest absolute Gasteiger partial charge is 0.410 e. The van der Waals surface area contributed by atoms with Crippen LogP contribution in [0.2, 0.25) is 0 Å². The van der Waals surface area contributed by atoms with Crippen LogP contribution in [0.4, 0.5) is 4.79 Å². The molecule has 30 heavy (non-hydrogen) atoms. The molecule has 2 N–H and O–H groups in total. The molecule has 0 radical (unpaired) electrons. The van der Waals surface area contributed by atoms with E-state index in [-0.39, 0.29) is 6.09 Å². The van der Waals surface area contributed by atoms with Gasteiger partial charge in [0, 0.05) is 51.9 Å². The average molecular weight is 427 g/mol. The second-order valence-corrected chi connectivity index (χ2v) is 9.24. The molecule has 0 saturated carbocycles. The number of aliphatic imine (C=N–C) groups is 1. The molecule has 2 fully saturated rings. The number of hydrogen-bond acceptors (Lipinski definition) is 5. The second-order valence-electron chi connectivity index (χ2n) is 9.24. The van der Waals surface area contributed by atoms with Gasteiger partial charge in [0.05, 0.1) is 13.2 Å². The number of rotatable bonds is 9. The number of likely N-dealkylation sites (tertiary alicyclic amines) is 1. The van der Waals surface area contributed by atoms with Crippen LogP contribution in [-0.2, 0) is 14.2 Å². The summed E-state index contributed by atoms with van der Waals surface area (Å²) in [5, 5.41) is 6.68. The molecule has 2 unspecified atom stereocenters. The molecule has 2 aliphatic rings. The van der Waals surface area contributed by atoms with E-state index in [0.717, 1.165) is 77.7 Å². The van der Waals surface area contributed by atoms with Crippen molar-refractivity contribution in [3.8, 4) is 0 Å². The molecule has 2 aliphatic heterocycles. The van der Waals surface area contributed by atoms with Gasteiger partial charge in [-0.05, 0) is 59.3 Å². The Bertz CT molecular complexity index is 530. The third-order valence-electron chi connectivity index (χ3n) is 5.16. The van der Waals surface area contributed by atoms with Gasteiger partial charge in [-0.2, -0.15) is 0 Å². The highest BCUT2D eigenvalue weighted by Crippen LogP contribution is 2.19.